The first-order valence-corrected chi connectivity index (χ1v) is 11.2. The molecule has 0 aliphatic carbocycles. The maximum atomic E-state index is 12.6. The second-order valence-corrected chi connectivity index (χ2v) is 8.30. The van der Waals surface area contributed by atoms with Gasteiger partial charge in [-0.25, -0.2) is 0 Å². The molecule has 158 valence electrons. The van der Waals surface area contributed by atoms with Gasteiger partial charge < -0.3 is 14.8 Å². The minimum atomic E-state index is -0.0658. The average molecular weight is 432 g/mol. The summed E-state index contributed by atoms with van der Waals surface area (Å²) in [5, 5.41) is 14.6. The van der Waals surface area contributed by atoms with E-state index >= 15 is 0 Å². The van der Waals surface area contributed by atoms with Crippen molar-refractivity contribution in [3.63, 3.8) is 0 Å². The zero-order chi connectivity index (χ0) is 21.8. The zero-order valence-corrected chi connectivity index (χ0v) is 18.7. The number of fused-ring (bicyclic) bond motifs is 1. The summed E-state index contributed by atoms with van der Waals surface area (Å²) in [5.41, 5.74) is 2.96. The number of nitrogens with zero attached hydrogens (tertiary/aromatic N) is 4. The van der Waals surface area contributed by atoms with Crippen LogP contribution in [-0.4, -0.2) is 40.5 Å². The molecular weight excluding hydrogens is 406 g/mol. The van der Waals surface area contributed by atoms with Gasteiger partial charge in [0.2, 0.25) is 5.91 Å². The SMILES string of the molecule is CCn1c(SCC(=O)Nc2cccc3ccccc23)nnc1-c1ccc(N(C)C)cc1. The second kappa shape index (κ2) is 9.22. The van der Waals surface area contributed by atoms with Crippen molar-refractivity contribution in [2.75, 3.05) is 30.1 Å². The van der Waals surface area contributed by atoms with Gasteiger partial charge in [0, 0.05) is 43.0 Å². The molecular formula is C24H25N5OS. The fourth-order valence-corrected chi connectivity index (χ4v) is 4.26. The first-order valence-electron chi connectivity index (χ1n) is 10.2. The highest BCUT2D eigenvalue weighted by Crippen LogP contribution is 2.27. The molecule has 0 aliphatic heterocycles. The van der Waals surface area contributed by atoms with Gasteiger partial charge in [-0.1, -0.05) is 48.2 Å². The van der Waals surface area contributed by atoms with E-state index in [9.17, 15) is 4.79 Å². The molecule has 0 spiro atoms. The molecule has 0 aliphatic rings. The van der Waals surface area contributed by atoms with E-state index in [-0.39, 0.29) is 11.7 Å². The van der Waals surface area contributed by atoms with E-state index in [1.54, 1.807) is 0 Å². The van der Waals surface area contributed by atoms with E-state index in [0.29, 0.717) is 0 Å². The van der Waals surface area contributed by atoms with Gasteiger partial charge in [-0.2, -0.15) is 0 Å². The van der Waals surface area contributed by atoms with Crippen LogP contribution in [0.25, 0.3) is 22.2 Å². The number of rotatable bonds is 7. The molecule has 0 fully saturated rings. The van der Waals surface area contributed by atoms with Crippen molar-refractivity contribution in [2.24, 2.45) is 0 Å². The molecule has 4 aromatic rings. The van der Waals surface area contributed by atoms with Gasteiger partial charge >= 0.3 is 0 Å². The van der Waals surface area contributed by atoms with E-state index in [2.05, 4.69) is 39.5 Å². The normalized spacial score (nSPS) is 10.9. The Morgan fingerprint density at radius 2 is 1.74 bits per heavy atom. The average Bonchev–Trinajstić information content (AvgIpc) is 3.21. The van der Waals surface area contributed by atoms with Crippen LogP contribution in [0, 0.1) is 0 Å². The maximum absolute atomic E-state index is 12.6. The summed E-state index contributed by atoms with van der Waals surface area (Å²) >= 11 is 1.40. The van der Waals surface area contributed by atoms with Crippen LogP contribution >= 0.6 is 11.8 Å². The van der Waals surface area contributed by atoms with Gasteiger partial charge in [0.25, 0.3) is 0 Å². The monoisotopic (exact) mass is 431 g/mol. The fraction of sp³-hybridized carbons (Fsp3) is 0.208. The standard InChI is InChI=1S/C24H25N5OS/c1-4-29-23(18-12-14-19(15-13-18)28(2)3)26-27-24(29)31-16-22(30)25-21-11-7-9-17-8-5-6-10-20(17)21/h5-15H,4,16H2,1-3H3,(H,25,30). The fourth-order valence-electron chi connectivity index (χ4n) is 3.45. The van der Waals surface area contributed by atoms with Gasteiger partial charge in [-0.05, 0) is 42.6 Å². The highest BCUT2D eigenvalue weighted by molar-refractivity contribution is 7.99. The van der Waals surface area contributed by atoms with Crippen molar-refractivity contribution in [3.8, 4) is 11.4 Å². The van der Waals surface area contributed by atoms with Crippen LogP contribution in [0.4, 0.5) is 11.4 Å². The Morgan fingerprint density at radius 1 is 1.00 bits per heavy atom. The van der Waals surface area contributed by atoms with Gasteiger partial charge in [-0.15, -0.1) is 10.2 Å². The molecule has 1 aromatic heterocycles. The number of nitrogens with one attached hydrogen (secondary N) is 1. The maximum Gasteiger partial charge on any atom is 0.234 e. The largest absolute Gasteiger partial charge is 0.378 e. The Bertz CT molecular complexity index is 1200. The van der Waals surface area contributed by atoms with Crippen LogP contribution in [0.1, 0.15) is 6.92 Å². The molecule has 0 bridgehead atoms. The summed E-state index contributed by atoms with van der Waals surface area (Å²) in [6.07, 6.45) is 0. The minimum absolute atomic E-state index is 0.0658. The Balaban J connectivity index is 1.46. The third-order valence-corrected chi connectivity index (χ3v) is 6.04. The Hall–Kier alpha value is -3.32. The third-order valence-electron chi connectivity index (χ3n) is 5.07. The molecule has 0 atom stereocenters. The minimum Gasteiger partial charge on any atom is -0.378 e. The van der Waals surface area contributed by atoms with Crippen LogP contribution in [0.3, 0.4) is 0 Å². The molecule has 0 saturated heterocycles. The summed E-state index contributed by atoms with van der Waals surface area (Å²) in [6.45, 7) is 2.78. The lowest BCUT2D eigenvalue weighted by atomic mass is 10.1. The highest BCUT2D eigenvalue weighted by Gasteiger charge is 2.15. The summed E-state index contributed by atoms with van der Waals surface area (Å²) < 4.78 is 2.04. The van der Waals surface area contributed by atoms with Crippen molar-refractivity contribution < 1.29 is 4.79 Å². The molecule has 7 heteroatoms. The van der Waals surface area contributed by atoms with Crippen molar-refractivity contribution >= 4 is 39.8 Å². The predicted molar refractivity (Wildman–Crippen MR) is 129 cm³/mol. The van der Waals surface area contributed by atoms with E-state index in [4.69, 9.17) is 0 Å². The number of carbonyl (C=O) groups excluding carboxylic acids is 1. The topological polar surface area (TPSA) is 63.1 Å². The first kappa shape index (κ1) is 20.9. The summed E-state index contributed by atoms with van der Waals surface area (Å²) in [7, 11) is 4.03. The Morgan fingerprint density at radius 3 is 2.48 bits per heavy atom. The third kappa shape index (κ3) is 4.56. The number of hydrogen-bond donors (Lipinski definition) is 1. The lowest BCUT2D eigenvalue weighted by Gasteiger charge is -2.13. The van der Waals surface area contributed by atoms with Gasteiger partial charge in [0.05, 0.1) is 5.75 Å². The lowest BCUT2D eigenvalue weighted by Crippen LogP contribution is -2.15. The summed E-state index contributed by atoms with van der Waals surface area (Å²) in [5.74, 6) is 1.01. The number of thioether (sulfide) groups is 1. The van der Waals surface area contributed by atoms with Crippen molar-refractivity contribution in [1.82, 2.24) is 14.8 Å². The smallest absolute Gasteiger partial charge is 0.234 e. The summed E-state index contributed by atoms with van der Waals surface area (Å²) in [6, 6.07) is 22.2. The molecule has 3 aromatic carbocycles. The highest BCUT2D eigenvalue weighted by atomic mass is 32.2. The number of anilines is 2. The molecule has 4 rings (SSSR count). The zero-order valence-electron chi connectivity index (χ0n) is 17.9. The van der Waals surface area contributed by atoms with Crippen LogP contribution in [-0.2, 0) is 11.3 Å². The van der Waals surface area contributed by atoms with E-state index < -0.39 is 0 Å². The van der Waals surface area contributed by atoms with E-state index in [1.807, 2.05) is 73.3 Å². The number of aromatic nitrogens is 3. The predicted octanol–water partition coefficient (Wildman–Crippen LogP) is 4.92. The van der Waals surface area contributed by atoms with Crippen LogP contribution < -0.4 is 10.2 Å². The quantitative estimate of drug-likeness (QED) is 0.421. The van der Waals surface area contributed by atoms with Crippen molar-refractivity contribution in [3.05, 3.63) is 66.7 Å². The molecule has 0 unspecified atom stereocenters. The Kier molecular flexibility index (Phi) is 6.23. The molecule has 31 heavy (non-hydrogen) atoms. The van der Waals surface area contributed by atoms with Gasteiger partial charge in [0.15, 0.2) is 11.0 Å². The molecule has 1 amide bonds. The van der Waals surface area contributed by atoms with E-state index in [0.717, 1.165) is 45.2 Å². The van der Waals surface area contributed by atoms with Gasteiger partial charge in [-0.3, -0.25) is 4.79 Å². The molecule has 1 N–H and O–H groups in total. The van der Waals surface area contributed by atoms with Crippen LogP contribution in [0.15, 0.2) is 71.9 Å². The molecule has 1 heterocycles. The molecule has 6 nitrogen and oxygen atoms in total. The first-order chi connectivity index (χ1) is 15.1. The molecule has 0 saturated carbocycles. The Labute approximate surface area is 186 Å². The van der Waals surface area contributed by atoms with Crippen LogP contribution in [0.2, 0.25) is 0 Å². The van der Waals surface area contributed by atoms with E-state index in [1.165, 1.54) is 11.8 Å². The van der Waals surface area contributed by atoms with Crippen molar-refractivity contribution in [2.45, 2.75) is 18.6 Å². The summed E-state index contributed by atoms with van der Waals surface area (Å²) in [4.78, 5) is 14.7. The van der Waals surface area contributed by atoms with Crippen LogP contribution in [0.5, 0.6) is 0 Å². The number of benzene rings is 3. The number of amides is 1. The number of carbonyl (C=O) groups is 1. The van der Waals surface area contributed by atoms with Gasteiger partial charge in [0.1, 0.15) is 0 Å². The number of hydrogen-bond acceptors (Lipinski definition) is 5. The van der Waals surface area contributed by atoms with Crippen molar-refractivity contribution in [1.29, 1.82) is 0 Å². The lowest BCUT2D eigenvalue weighted by molar-refractivity contribution is -0.113. The molecule has 0 radical (unpaired) electrons. The second-order valence-electron chi connectivity index (χ2n) is 7.36.